The maximum absolute atomic E-state index is 12.5. The summed E-state index contributed by atoms with van der Waals surface area (Å²) < 4.78 is 5.77. The lowest BCUT2D eigenvalue weighted by Crippen LogP contribution is -2.50. The van der Waals surface area contributed by atoms with Gasteiger partial charge in [0.2, 0.25) is 0 Å². The fourth-order valence-corrected chi connectivity index (χ4v) is 4.95. The molecule has 1 amide bonds. The van der Waals surface area contributed by atoms with Gasteiger partial charge in [-0.1, -0.05) is 29.8 Å². The van der Waals surface area contributed by atoms with E-state index in [1.807, 2.05) is 44.3 Å². The van der Waals surface area contributed by atoms with Crippen LogP contribution in [0.15, 0.2) is 42.5 Å². The van der Waals surface area contributed by atoms with Gasteiger partial charge in [-0.05, 0) is 68.0 Å². The number of aryl methyl sites for hydroxylation is 1. The molecule has 2 saturated heterocycles. The van der Waals surface area contributed by atoms with Crippen LogP contribution < -0.4 is 15.4 Å². The van der Waals surface area contributed by atoms with Crippen molar-refractivity contribution in [3.05, 3.63) is 58.6 Å². The first-order chi connectivity index (χ1) is 14.5. The molecule has 2 aromatic rings. The summed E-state index contributed by atoms with van der Waals surface area (Å²) >= 11 is 6.01. The average Bonchev–Trinajstić information content (AvgIpc) is 2.96. The van der Waals surface area contributed by atoms with Gasteiger partial charge in [-0.25, -0.2) is 0 Å². The van der Waals surface area contributed by atoms with Gasteiger partial charge in [0.1, 0.15) is 5.75 Å². The highest BCUT2D eigenvalue weighted by Crippen LogP contribution is 2.37. The lowest BCUT2D eigenvalue weighted by molar-refractivity contribution is -0.124. The molecule has 6 heteroatoms. The third-order valence-corrected chi connectivity index (χ3v) is 6.54. The van der Waals surface area contributed by atoms with Crippen LogP contribution >= 0.6 is 11.6 Å². The van der Waals surface area contributed by atoms with Gasteiger partial charge in [0.05, 0.1) is 5.69 Å². The molecule has 2 aromatic carbocycles. The number of ether oxygens (including phenoxy) is 1. The second-order valence-electron chi connectivity index (χ2n) is 8.46. The smallest absolute Gasteiger partial charge is 0.258 e. The summed E-state index contributed by atoms with van der Waals surface area (Å²) in [4.78, 5) is 15.1. The topological polar surface area (TPSA) is 53.6 Å². The van der Waals surface area contributed by atoms with Crippen molar-refractivity contribution in [3.63, 3.8) is 0 Å². The van der Waals surface area contributed by atoms with Crippen molar-refractivity contribution < 1.29 is 9.53 Å². The monoisotopic (exact) mass is 427 g/mol. The molecule has 5 nitrogen and oxygen atoms in total. The number of piperidine rings is 1. The second-order valence-corrected chi connectivity index (χ2v) is 8.89. The third-order valence-electron chi connectivity index (χ3n) is 6.29. The van der Waals surface area contributed by atoms with E-state index in [1.54, 1.807) is 0 Å². The maximum atomic E-state index is 12.5. The van der Waals surface area contributed by atoms with Gasteiger partial charge in [0, 0.05) is 36.7 Å². The number of nitrogens with one attached hydrogen (secondary N) is 2. The molecule has 0 radical (unpaired) electrons. The summed E-state index contributed by atoms with van der Waals surface area (Å²) in [5, 5.41) is 7.10. The number of hydrogen-bond donors (Lipinski definition) is 2. The average molecular weight is 428 g/mol. The Hall–Kier alpha value is -2.24. The minimum absolute atomic E-state index is 0.0397. The van der Waals surface area contributed by atoms with Crippen LogP contribution in [0.4, 0.5) is 5.69 Å². The van der Waals surface area contributed by atoms with E-state index in [0.717, 1.165) is 35.7 Å². The SMILES string of the molecule is CNc1cc(C)ccc1OCC(=O)NC1CC2CCC(C1)N2Cc1ccc(Cl)cc1. The summed E-state index contributed by atoms with van der Waals surface area (Å²) in [5.41, 5.74) is 3.35. The zero-order valence-electron chi connectivity index (χ0n) is 17.7. The Morgan fingerprint density at radius 2 is 1.83 bits per heavy atom. The van der Waals surface area contributed by atoms with Crippen molar-refractivity contribution in [2.45, 2.75) is 57.3 Å². The molecule has 2 bridgehead atoms. The summed E-state index contributed by atoms with van der Waals surface area (Å²) in [5.74, 6) is 0.657. The van der Waals surface area contributed by atoms with Crippen LogP contribution in [0.3, 0.4) is 0 Å². The molecule has 0 spiro atoms. The van der Waals surface area contributed by atoms with Crippen LogP contribution in [0.5, 0.6) is 5.75 Å². The number of fused-ring (bicyclic) bond motifs is 2. The highest BCUT2D eigenvalue weighted by molar-refractivity contribution is 6.30. The lowest BCUT2D eigenvalue weighted by atomic mass is 9.96. The van der Waals surface area contributed by atoms with Gasteiger partial charge in [-0.15, -0.1) is 0 Å². The Labute approximate surface area is 183 Å². The maximum Gasteiger partial charge on any atom is 0.258 e. The van der Waals surface area contributed by atoms with Crippen LogP contribution in [0.2, 0.25) is 5.02 Å². The number of hydrogen-bond acceptors (Lipinski definition) is 4. The first kappa shape index (κ1) is 21.0. The minimum atomic E-state index is -0.0480. The molecule has 160 valence electrons. The Balaban J connectivity index is 1.28. The molecule has 0 aromatic heterocycles. The summed E-state index contributed by atoms with van der Waals surface area (Å²) in [6, 6.07) is 15.3. The Morgan fingerprint density at radius 1 is 1.13 bits per heavy atom. The van der Waals surface area contributed by atoms with Crippen molar-refractivity contribution in [3.8, 4) is 5.75 Å². The van der Waals surface area contributed by atoms with Crippen molar-refractivity contribution in [2.24, 2.45) is 0 Å². The molecule has 2 aliphatic rings. The quantitative estimate of drug-likeness (QED) is 0.688. The molecule has 2 heterocycles. The molecular formula is C24H30ClN3O2. The van der Waals surface area contributed by atoms with E-state index < -0.39 is 0 Å². The summed E-state index contributed by atoms with van der Waals surface area (Å²) in [6.07, 6.45) is 4.41. The van der Waals surface area contributed by atoms with E-state index in [9.17, 15) is 4.79 Å². The third kappa shape index (κ3) is 4.90. The number of rotatable bonds is 7. The molecule has 0 saturated carbocycles. The Kier molecular flexibility index (Phi) is 6.49. The fraction of sp³-hybridized carbons (Fsp3) is 0.458. The molecule has 2 unspecified atom stereocenters. The van der Waals surface area contributed by atoms with Gasteiger partial charge >= 0.3 is 0 Å². The Bertz CT molecular complexity index is 873. The fourth-order valence-electron chi connectivity index (χ4n) is 4.83. The minimum Gasteiger partial charge on any atom is -0.482 e. The Morgan fingerprint density at radius 3 is 2.50 bits per heavy atom. The van der Waals surface area contributed by atoms with E-state index in [4.69, 9.17) is 16.3 Å². The number of benzene rings is 2. The van der Waals surface area contributed by atoms with Gasteiger partial charge < -0.3 is 15.4 Å². The molecule has 0 aliphatic carbocycles. The van der Waals surface area contributed by atoms with Gasteiger partial charge in [0.15, 0.2) is 6.61 Å². The number of anilines is 1. The zero-order chi connectivity index (χ0) is 21.1. The van der Waals surface area contributed by atoms with E-state index in [-0.39, 0.29) is 18.6 Å². The van der Waals surface area contributed by atoms with Crippen molar-refractivity contribution in [1.82, 2.24) is 10.2 Å². The van der Waals surface area contributed by atoms with E-state index in [0.29, 0.717) is 17.8 Å². The number of amides is 1. The number of nitrogens with zero attached hydrogens (tertiary/aromatic N) is 1. The summed E-state index contributed by atoms with van der Waals surface area (Å²) in [7, 11) is 1.86. The zero-order valence-corrected chi connectivity index (χ0v) is 18.4. The molecule has 30 heavy (non-hydrogen) atoms. The summed E-state index contributed by atoms with van der Waals surface area (Å²) in [6.45, 7) is 3.03. The van der Waals surface area contributed by atoms with E-state index in [1.165, 1.54) is 18.4 Å². The normalized spacial score (nSPS) is 23.2. The van der Waals surface area contributed by atoms with Crippen molar-refractivity contribution in [2.75, 3.05) is 19.0 Å². The number of carbonyl (C=O) groups is 1. The van der Waals surface area contributed by atoms with Crippen molar-refractivity contribution in [1.29, 1.82) is 0 Å². The first-order valence-electron chi connectivity index (χ1n) is 10.7. The van der Waals surface area contributed by atoms with Gasteiger partial charge in [-0.2, -0.15) is 0 Å². The largest absolute Gasteiger partial charge is 0.482 e. The molecule has 2 aliphatic heterocycles. The molecule has 2 atom stereocenters. The second kappa shape index (κ2) is 9.27. The molecule has 2 N–H and O–H groups in total. The van der Waals surface area contributed by atoms with Crippen LogP contribution in [0, 0.1) is 6.92 Å². The van der Waals surface area contributed by atoms with Crippen LogP contribution in [-0.4, -0.2) is 42.6 Å². The van der Waals surface area contributed by atoms with Gasteiger partial charge in [0.25, 0.3) is 5.91 Å². The number of halogens is 1. The van der Waals surface area contributed by atoms with E-state index >= 15 is 0 Å². The highest BCUT2D eigenvalue weighted by atomic mass is 35.5. The first-order valence-corrected chi connectivity index (χ1v) is 11.1. The van der Waals surface area contributed by atoms with Gasteiger partial charge in [-0.3, -0.25) is 9.69 Å². The number of carbonyl (C=O) groups excluding carboxylic acids is 1. The predicted molar refractivity (Wildman–Crippen MR) is 121 cm³/mol. The molecule has 4 rings (SSSR count). The van der Waals surface area contributed by atoms with Crippen LogP contribution in [0.1, 0.15) is 36.8 Å². The van der Waals surface area contributed by atoms with Crippen LogP contribution in [-0.2, 0) is 11.3 Å². The van der Waals surface area contributed by atoms with E-state index in [2.05, 4.69) is 27.7 Å². The molecular weight excluding hydrogens is 398 g/mol. The highest BCUT2D eigenvalue weighted by Gasteiger charge is 2.40. The van der Waals surface area contributed by atoms with Crippen molar-refractivity contribution >= 4 is 23.2 Å². The van der Waals surface area contributed by atoms with Crippen LogP contribution in [0.25, 0.3) is 0 Å². The molecule has 2 fully saturated rings. The predicted octanol–water partition coefficient (Wildman–Crippen LogP) is 4.38. The standard InChI is InChI=1S/C24H30ClN3O2/c1-16-3-10-23(22(11-16)26-2)30-15-24(29)27-19-12-20-8-9-21(13-19)28(20)14-17-4-6-18(25)7-5-17/h3-7,10-11,19-21,26H,8-9,12-15H2,1-2H3,(H,27,29). The lowest BCUT2D eigenvalue weighted by Gasteiger charge is -2.39.